The number of hydrogen-bond donors (Lipinski definition) is 0. The molecule has 35 heavy (non-hydrogen) atoms. The lowest BCUT2D eigenvalue weighted by molar-refractivity contribution is -0.380. The van der Waals surface area contributed by atoms with Crippen molar-refractivity contribution in [1.82, 2.24) is 0 Å². The van der Waals surface area contributed by atoms with E-state index in [0.29, 0.717) is 19.8 Å². The smallest absolute Gasteiger partial charge is 0.197 e. The van der Waals surface area contributed by atoms with Gasteiger partial charge in [-0.1, -0.05) is 35.4 Å². The molecule has 3 aromatic carbocycles. The molecule has 4 rings (SSSR count). The van der Waals surface area contributed by atoms with E-state index in [1.807, 2.05) is 37.3 Å². The van der Waals surface area contributed by atoms with E-state index in [1.165, 1.54) is 16.0 Å². The summed E-state index contributed by atoms with van der Waals surface area (Å²) in [5.74, 6) is 3.70. The molecule has 1 aliphatic heterocycles. The zero-order chi connectivity index (χ0) is 24.6. The molecule has 1 saturated heterocycles. The van der Waals surface area contributed by atoms with Gasteiger partial charge in [-0.25, -0.2) is 0 Å². The standard InChI is InChI=1S/C29H34O5S/c1-20-5-9-25(10-6-20)30-16-24(17-31-26-11-7-21(2)8-12-26)19-35-27-13-14-28(22(3)15-27)32-18-29-33-23(4)34-29/h5-15,23-24,29H,16-19H2,1-4H3. The fourth-order valence-corrected chi connectivity index (χ4v) is 4.65. The van der Waals surface area contributed by atoms with Crippen LogP contribution in [0.5, 0.6) is 17.2 Å². The summed E-state index contributed by atoms with van der Waals surface area (Å²) in [6, 6.07) is 22.6. The van der Waals surface area contributed by atoms with Gasteiger partial charge in [0.2, 0.25) is 0 Å². The van der Waals surface area contributed by atoms with Gasteiger partial charge in [0.15, 0.2) is 12.6 Å². The van der Waals surface area contributed by atoms with Crippen molar-refractivity contribution >= 4 is 11.8 Å². The van der Waals surface area contributed by atoms with Crippen LogP contribution in [0.1, 0.15) is 23.6 Å². The van der Waals surface area contributed by atoms with Crippen molar-refractivity contribution < 1.29 is 23.7 Å². The quantitative estimate of drug-likeness (QED) is 0.265. The Morgan fingerprint density at radius 2 is 1.34 bits per heavy atom. The second-order valence-electron chi connectivity index (χ2n) is 8.93. The maximum absolute atomic E-state index is 6.10. The summed E-state index contributed by atoms with van der Waals surface area (Å²) in [4.78, 5) is 1.19. The molecule has 0 unspecified atom stereocenters. The highest BCUT2D eigenvalue weighted by molar-refractivity contribution is 7.99. The zero-order valence-electron chi connectivity index (χ0n) is 20.9. The maximum Gasteiger partial charge on any atom is 0.197 e. The van der Waals surface area contributed by atoms with Crippen molar-refractivity contribution in [3.05, 3.63) is 83.4 Å². The van der Waals surface area contributed by atoms with E-state index in [-0.39, 0.29) is 18.5 Å². The van der Waals surface area contributed by atoms with Crippen LogP contribution in [0.25, 0.3) is 0 Å². The summed E-state index contributed by atoms with van der Waals surface area (Å²) in [7, 11) is 0. The average Bonchev–Trinajstić information content (AvgIpc) is 2.83. The third-order valence-corrected chi connectivity index (χ3v) is 6.93. The molecule has 186 valence electrons. The summed E-state index contributed by atoms with van der Waals surface area (Å²) in [5, 5.41) is 0. The molecule has 0 aromatic heterocycles. The van der Waals surface area contributed by atoms with Crippen molar-refractivity contribution in [3.8, 4) is 17.2 Å². The Morgan fingerprint density at radius 1 is 0.771 bits per heavy atom. The van der Waals surface area contributed by atoms with Crippen molar-refractivity contribution in [2.45, 2.75) is 45.2 Å². The van der Waals surface area contributed by atoms with Gasteiger partial charge in [0.25, 0.3) is 0 Å². The van der Waals surface area contributed by atoms with Crippen LogP contribution in [0, 0.1) is 26.7 Å². The Hall–Kier alpha value is -2.67. The molecule has 0 saturated carbocycles. The monoisotopic (exact) mass is 494 g/mol. The Kier molecular flexibility index (Phi) is 8.96. The first-order valence-electron chi connectivity index (χ1n) is 12.0. The lowest BCUT2D eigenvalue weighted by Crippen LogP contribution is -2.42. The van der Waals surface area contributed by atoms with E-state index in [4.69, 9.17) is 23.7 Å². The molecule has 0 aliphatic carbocycles. The van der Waals surface area contributed by atoms with Gasteiger partial charge >= 0.3 is 0 Å². The minimum atomic E-state index is -0.277. The fraction of sp³-hybridized carbons (Fsp3) is 0.379. The molecular weight excluding hydrogens is 460 g/mol. The summed E-state index contributed by atoms with van der Waals surface area (Å²) in [5.41, 5.74) is 3.53. The number of ether oxygens (including phenoxy) is 5. The van der Waals surface area contributed by atoms with Crippen LogP contribution in [0.4, 0.5) is 0 Å². The summed E-state index contributed by atoms with van der Waals surface area (Å²) < 4.78 is 28.9. The molecule has 0 radical (unpaired) electrons. The van der Waals surface area contributed by atoms with Gasteiger partial charge in [0.1, 0.15) is 23.9 Å². The highest BCUT2D eigenvalue weighted by Crippen LogP contribution is 2.28. The molecule has 1 aliphatic rings. The SMILES string of the molecule is Cc1ccc(OCC(COc2ccc(C)cc2)CSc2ccc(OCC3OC(C)O3)c(C)c2)cc1. The van der Waals surface area contributed by atoms with Crippen molar-refractivity contribution in [3.63, 3.8) is 0 Å². The third-order valence-electron chi connectivity index (χ3n) is 5.71. The number of aryl methyl sites for hydroxylation is 3. The third kappa shape index (κ3) is 7.92. The van der Waals surface area contributed by atoms with Gasteiger partial charge in [-0.05, 0) is 75.7 Å². The Bertz CT molecular complexity index is 1010. The number of thioether (sulfide) groups is 1. The Morgan fingerprint density at radius 3 is 1.86 bits per heavy atom. The van der Waals surface area contributed by atoms with Crippen molar-refractivity contribution in [1.29, 1.82) is 0 Å². The van der Waals surface area contributed by atoms with Crippen LogP contribution in [0.3, 0.4) is 0 Å². The molecule has 0 atom stereocenters. The molecule has 1 heterocycles. The predicted molar refractivity (Wildman–Crippen MR) is 140 cm³/mol. The van der Waals surface area contributed by atoms with E-state index < -0.39 is 0 Å². The summed E-state index contributed by atoms with van der Waals surface area (Å²) in [6.07, 6.45) is -0.414. The first-order valence-corrected chi connectivity index (χ1v) is 13.0. The molecule has 3 aromatic rings. The van der Waals surface area contributed by atoms with Gasteiger partial charge in [-0.2, -0.15) is 0 Å². The van der Waals surface area contributed by atoms with Crippen molar-refractivity contribution in [2.24, 2.45) is 5.92 Å². The average molecular weight is 495 g/mol. The van der Waals surface area contributed by atoms with Crippen LogP contribution in [0.15, 0.2) is 71.6 Å². The van der Waals surface area contributed by atoms with Gasteiger partial charge in [-0.3, -0.25) is 0 Å². The molecule has 6 heteroatoms. The lowest BCUT2D eigenvalue weighted by Gasteiger charge is -2.33. The summed E-state index contributed by atoms with van der Waals surface area (Å²) >= 11 is 1.80. The van der Waals surface area contributed by atoms with Gasteiger partial charge in [0, 0.05) is 16.6 Å². The maximum atomic E-state index is 6.10. The largest absolute Gasteiger partial charge is 0.493 e. The number of benzene rings is 3. The fourth-order valence-electron chi connectivity index (χ4n) is 3.60. The minimum Gasteiger partial charge on any atom is -0.493 e. The zero-order valence-corrected chi connectivity index (χ0v) is 21.7. The molecule has 1 fully saturated rings. The highest BCUT2D eigenvalue weighted by Gasteiger charge is 2.27. The van der Waals surface area contributed by atoms with E-state index in [1.54, 1.807) is 11.8 Å². The normalized spacial score (nSPS) is 17.2. The van der Waals surface area contributed by atoms with E-state index in [2.05, 4.69) is 57.2 Å². The molecule has 5 nitrogen and oxygen atoms in total. The van der Waals surface area contributed by atoms with Crippen LogP contribution >= 0.6 is 11.8 Å². The first kappa shape index (κ1) is 25.4. The minimum absolute atomic E-state index is 0.138. The molecule has 0 N–H and O–H groups in total. The number of hydrogen-bond acceptors (Lipinski definition) is 6. The van der Waals surface area contributed by atoms with Crippen molar-refractivity contribution in [2.75, 3.05) is 25.6 Å². The van der Waals surface area contributed by atoms with Crippen LogP contribution < -0.4 is 14.2 Å². The highest BCUT2D eigenvalue weighted by atomic mass is 32.2. The Balaban J connectivity index is 1.32. The van der Waals surface area contributed by atoms with E-state index >= 15 is 0 Å². The molecular formula is C29H34O5S. The molecule has 0 spiro atoms. The number of rotatable bonds is 12. The van der Waals surface area contributed by atoms with Gasteiger partial charge in [-0.15, -0.1) is 11.8 Å². The van der Waals surface area contributed by atoms with Crippen LogP contribution in [-0.2, 0) is 9.47 Å². The molecule has 0 amide bonds. The summed E-state index contributed by atoms with van der Waals surface area (Å²) in [6.45, 7) is 9.65. The lowest BCUT2D eigenvalue weighted by atomic mass is 10.2. The van der Waals surface area contributed by atoms with Gasteiger partial charge < -0.3 is 23.7 Å². The topological polar surface area (TPSA) is 46.2 Å². The van der Waals surface area contributed by atoms with E-state index in [9.17, 15) is 0 Å². The first-order chi connectivity index (χ1) is 16.9. The van der Waals surface area contributed by atoms with Crippen LogP contribution in [-0.4, -0.2) is 38.2 Å². The predicted octanol–water partition coefficient (Wildman–Crippen LogP) is 6.58. The second kappa shape index (κ2) is 12.3. The molecule has 0 bridgehead atoms. The van der Waals surface area contributed by atoms with Crippen LogP contribution in [0.2, 0.25) is 0 Å². The Labute approximate surface area is 212 Å². The van der Waals surface area contributed by atoms with E-state index in [0.717, 1.165) is 28.6 Å². The second-order valence-corrected chi connectivity index (χ2v) is 10.0. The van der Waals surface area contributed by atoms with Gasteiger partial charge in [0.05, 0.1) is 13.2 Å².